The standard InChI is InChI=1S/C12H17N6.Re/c1-7-3-8(2)6-18(5-7)11-9-4-14-17-10(9)15-12(13)16-11;/h4,7-8H,3,5-6H2,1-2H3,(H2-,13,14,15,16,17);/q-1;. The Kier molecular flexibility index (Phi) is 4.07. The van der Waals surface area contributed by atoms with E-state index in [0.717, 1.165) is 24.3 Å². The van der Waals surface area contributed by atoms with Crippen molar-refractivity contribution < 1.29 is 20.4 Å². The molecule has 0 aromatic carbocycles. The number of aromatic nitrogens is 4. The quantitative estimate of drug-likeness (QED) is 0.727. The van der Waals surface area contributed by atoms with Crippen LogP contribution in [-0.2, 0) is 20.4 Å². The molecule has 0 spiro atoms. The number of nitrogen functional groups attached to an aromatic ring is 1. The molecule has 2 aromatic heterocycles. The predicted molar refractivity (Wildman–Crippen MR) is 70.2 cm³/mol. The summed E-state index contributed by atoms with van der Waals surface area (Å²) in [5.74, 6) is 2.47. The maximum Gasteiger partial charge on any atom is 0.139 e. The van der Waals surface area contributed by atoms with Crippen LogP contribution in [0, 0.1) is 11.8 Å². The summed E-state index contributed by atoms with van der Waals surface area (Å²) >= 11 is 0. The van der Waals surface area contributed by atoms with Gasteiger partial charge in [0.2, 0.25) is 0 Å². The van der Waals surface area contributed by atoms with Gasteiger partial charge in [-0.2, -0.15) is 0 Å². The van der Waals surface area contributed by atoms with Crippen LogP contribution in [0.1, 0.15) is 20.3 Å². The van der Waals surface area contributed by atoms with Crippen molar-refractivity contribution >= 4 is 22.8 Å². The normalized spacial score (nSPS) is 23.4. The summed E-state index contributed by atoms with van der Waals surface area (Å²) in [5.41, 5.74) is 6.33. The molecule has 2 N–H and O–H groups in total. The zero-order valence-electron chi connectivity index (χ0n) is 11.0. The Labute approximate surface area is 125 Å². The van der Waals surface area contributed by atoms with Crippen LogP contribution >= 0.6 is 0 Å². The predicted octanol–water partition coefficient (Wildman–Crippen LogP) is 1.04. The molecular formula is C12H17N6Re-. The van der Waals surface area contributed by atoms with Gasteiger partial charge in [-0.05, 0) is 23.9 Å². The summed E-state index contributed by atoms with van der Waals surface area (Å²) in [6.07, 6.45) is 2.98. The van der Waals surface area contributed by atoms with E-state index in [4.69, 9.17) is 5.73 Å². The van der Waals surface area contributed by atoms with Gasteiger partial charge in [0.05, 0.1) is 0 Å². The van der Waals surface area contributed by atoms with E-state index in [1.807, 2.05) is 0 Å². The Morgan fingerprint density at radius 2 is 1.95 bits per heavy atom. The molecular weight excluding hydrogens is 414 g/mol. The summed E-state index contributed by atoms with van der Waals surface area (Å²) in [7, 11) is 0. The molecule has 0 bridgehead atoms. The van der Waals surface area contributed by atoms with Crippen LogP contribution in [0.3, 0.4) is 0 Å². The van der Waals surface area contributed by atoms with E-state index < -0.39 is 0 Å². The zero-order chi connectivity index (χ0) is 12.7. The monoisotopic (exact) mass is 432 g/mol. The van der Waals surface area contributed by atoms with Gasteiger partial charge in [-0.25, -0.2) is 4.98 Å². The Bertz CT molecular complexity index is 558. The van der Waals surface area contributed by atoms with Crippen molar-refractivity contribution in [1.29, 1.82) is 0 Å². The van der Waals surface area contributed by atoms with Crippen LogP contribution < -0.4 is 15.7 Å². The first kappa shape index (κ1) is 14.2. The number of nitrogens with zero attached hydrogens (tertiary/aromatic N) is 5. The average Bonchev–Trinajstić information content (AvgIpc) is 2.74. The molecule has 0 saturated carbocycles. The third-order valence-electron chi connectivity index (χ3n) is 3.43. The molecule has 0 amide bonds. The second-order valence-corrected chi connectivity index (χ2v) is 5.34. The smallest absolute Gasteiger partial charge is 0.139 e. The van der Waals surface area contributed by atoms with Crippen molar-refractivity contribution in [2.45, 2.75) is 20.3 Å². The number of fused-ring (bicyclic) bond motifs is 1. The van der Waals surface area contributed by atoms with Gasteiger partial charge in [0.15, 0.2) is 0 Å². The van der Waals surface area contributed by atoms with Gasteiger partial charge in [-0.3, -0.25) is 5.10 Å². The van der Waals surface area contributed by atoms with Crippen molar-refractivity contribution in [3.05, 3.63) is 6.20 Å². The van der Waals surface area contributed by atoms with E-state index >= 15 is 0 Å². The molecule has 19 heavy (non-hydrogen) atoms. The maximum absolute atomic E-state index is 5.74. The van der Waals surface area contributed by atoms with Crippen molar-refractivity contribution in [2.24, 2.45) is 11.8 Å². The van der Waals surface area contributed by atoms with E-state index in [0.29, 0.717) is 17.5 Å². The number of rotatable bonds is 1. The molecule has 1 aliphatic rings. The van der Waals surface area contributed by atoms with Crippen LogP contribution in [0.2, 0.25) is 0 Å². The molecule has 3 rings (SSSR count). The summed E-state index contributed by atoms with van der Waals surface area (Å²) < 4.78 is 0. The largest absolute Gasteiger partial charge is 0.403 e. The van der Waals surface area contributed by atoms with E-state index in [1.54, 1.807) is 6.20 Å². The zero-order valence-corrected chi connectivity index (χ0v) is 13.8. The minimum absolute atomic E-state index is 0. The fourth-order valence-electron chi connectivity index (χ4n) is 2.87. The molecule has 1 saturated heterocycles. The summed E-state index contributed by atoms with van der Waals surface area (Å²) in [6.45, 7) is 6.54. The fourth-order valence-corrected chi connectivity index (χ4v) is 2.87. The van der Waals surface area contributed by atoms with E-state index in [-0.39, 0.29) is 26.4 Å². The molecule has 2 aromatic rings. The molecule has 3 heterocycles. The minimum atomic E-state index is 0. The molecule has 1 radical (unpaired) electrons. The van der Waals surface area contributed by atoms with Crippen molar-refractivity contribution in [1.82, 2.24) is 20.2 Å². The maximum atomic E-state index is 5.74. The Morgan fingerprint density at radius 3 is 2.63 bits per heavy atom. The van der Waals surface area contributed by atoms with E-state index in [9.17, 15) is 0 Å². The van der Waals surface area contributed by atoms with E-state index in [1.165, 1.54) is 6.42 Å². The summed E-state index contributed by atoms with van der Waals surface area (Å²) in [5, 5.41) is 8.76. The molecule has 6 nitrogen and oxygen atoms in total. The third kappa shape index (κ3) is 2.72. The number of anilines is 2. The van der Waals surface area contributed by atoms with Crippen molar-refractivity contribution in [3.63, 3.8) is 0 Å². The Morgan fingerprint density at radius 1 is 1.26 bits per heavy atom. The molecule has 2 atom stereocenters. The molecule has 2 unspecified atom stereocenters. The third-order valence-corrected chi connectivity index (χ3v) is 3.43. The van der Waals surface area contributed by atoms with Crippen LogP contribution in [-0.4, -0.2) is 28.2 Å². The van der Waals surface area contributed by atoms with Crippen LogP contribution in [0.15, 0.2) is 6.20 Å². The average molecular weight is 432 g/mol. The van der Waals surface area contributed by atoms with Gasteiger partial charge in [-0.1, -0.05) is 13.8 Å². The van der Waals surface area contributed by atoms with Gasteiger partial charge in [-0.15, -0.1) is 0 Å². The van der Waals surface area contributed by atoms with Gasteiger partial charge in [0, 0.05) is 45.1 Å². The number of nitrogens with two attached hydrogens (primary N) is 1. The number of hydrogen-bond donors (Lipinski definition) is 1. The van der Waals surface area contributed by atoms with Gasteiger partial charge in [0.25, 0.3) is 0 Å². The van der Waals surface area contributed by atoms with Gasteiger partial charge < -0.3 is 20.7 Å². The minimum Gasteiger partial charge on any atom is -0.403 e. The molecule has 0 aliphatic carbocycles. The van der Waals surface area contributed by atoms with Crippen LogP contribution in [0.25, 0.3) is 11.0 Å². The van der Waals surface area contributed by atoms with Crippen molar-refractivity contribution in [2.75, 3.05) is 23.7 Å². The topological polar surface area (TPSA) is 82.0 Å². The first-order valence-corrected chi connectivity index (χ1v) is 6.30. The molecule has 103 valence electrons. The van der Waals surface area contributed by atoms with Gasteiger partial charge in [0.1, 0.15) is 11.8 Å². The summed E-state index contributed by atoms with van der Waals surface area (Å²) in [4.78, 5) is 10.8. The first-order chi connectivity index (χ1) is 8.63. The Balaban J connectivity index is 0.00000133. The fraction of sp³-hybridized carbons (Fsp3) is 0.583. The SMILES string of the molecule is CC1CC(C)CN(c2nc(N)nc3[n-]ncc23)C1.[Re]. The molecule has 1 fully saturated rings. The molecule has 1 aliphatic heterocycles. The van der Waals surface area contributed by atoms with Crippen LogP contribution in [0.4, 0.5) is 11.8 Å². The summed E-state index contributed by atoms with van der Waals surface area (Å²) in [6, 6.07) is 0. The van der Waals surface area contributed by atoms with E-state index in [2.05, 4.69) is 38.9 Å². The Hall–Kier alpha value is -1.19. The van der Waals surface area contributed by atoms with Gasteiger partial charge >= 0.3 is 0 Å². The first-order valence-electron chi connectivity index (χ1n) is 6.30. The van der Waals surface area contributed by atoms with Crippen molar-refractivity contribution in [3.8, 4) is 0 Å². The number of piperidine rings is 1. The molecule has 7 heteroatoms. The second kappa shape index (κ2) is 5.43. The second-order valence-electron chi connectivity index (χ2n) is 5.34. The van der Waals surface area contributed by atoms with Crippen LogP contribution in [0.5, 0.6) is 0 Å². The number of hydrogen-bond acceptors (Lipinski definition) is 5.